The van der Waals surface area contributed by atoms with Gasteiger partial charge in [-0.3, -0.25) is 9.69 Å². The van der Waals surface area contributed by atoms with Gasteiger partial charge in [-0.25, -0.2) is 8.42 Å². The quantitative estimate of drug-likeness (QED) is 0.386. The van der Waals surface area contributed by atoms with Crippen molar-refractivity contribution in [2.24, 2.45) is 0 Å². The number of rotatable bonds is 11. The molecule has 1 aliphatic heterocycles. The zero-order chi connectivity index (χ0) is 27.1. The Hall–Kier alpha value is -3.12. The largest absolute Gasteiger partial charge is 0.493 e. The molecule has 204 valence electrons. The number of thiophene rings is 1. The van der Waals surface area contributed by atoms with Gasteiger partial charge < -0.3 is 19.1 Å². The van der Waals surface area contributed by atoms with Gasteiger partial charge in [0.1, 0.15) is 10.3 Å². The van der Waals surface area contributed by atoms with Crippen LogP contribution in [0.15, 0.2) is 64.2 Å². The first-order valence-electron chi connectivity index (χ1n) is 12.2. The van der Waals surface area contributed by atoms with Crippen LogP contribution in [0.2, 0.25) is 0 Å². The van der Waals surface area contributed by atoms with Crippen LogP contribution in [0.4, 0.5) is 0 Å². The van der Waals surface area contributed by atoms with E-state index in [0.717, 1.165) is 22.5 Å². The molecule has 0 saturated carbocycles. The van der Waals surface area contributed by atoms with Gasteiger partial charge in [-0.1, -0.05) is 42.5 Å². The number of ether oxygens (including phenoxy) is 3. The highest BCUT2D eigenvalue weighted by molar-refractivity contribution is 7.91. The summed E-state index contributed by atoms with van der Waals surface area (Å²) in [5.74, 6) is 1.54. The Kier molecular flexibility index (Phi) is 9.26. The first-order valence-corrected chi connectivity index (χ1v) is 14.6. The van der Waals surface area contributed by atoms with Crippen LogP contribution in [0.3, 0.4) is 0 Å². The van der Waals surface area contributed by atoms with Crippen LogP contribution in [-0.2, 0) is 27.8 Å². The summed E-state index contributed by atoms with van der Waals surface area (Å²) in [6.45, 7) is 2.86. The van der Waals surface area contributed by atoms with E-state index in [1.807, 2.05) is 42.5 Å². The fraction of sp³-hybridized carbons (Fsp3) is 0.370. The highest BCUT2D eigenvalue weighted by Crippen LogP contribution is 2.40. The molecular formula is C27H33N3O6S2. The van der Waals surface area contributed by atoms with E-state index in [-0.39, 0.29) is 16.5 Å². The number of carbonyl (C=O) groups is 1. The molecule has 0 bridgehead atoms. The number of sulfonamides is 1. The van der Waals surface area contributed by atoms with Gasteiger partial charge in [0.15, 0.2) is 11.5 Å². The van der Waals surface area contributed by atoms with Gasteiger partial charge in [-0.15, -0.1) is 11.3 Å². The maximum absolute atomic E-state index is 13.6. The maximum atomic E-state index is 13.6. The summed E-state index contributed by atoms with van der Waals surface area (Å²) in [5.41, 5.74) is 1.84. The highest BCUT2D eigenvalue weighted by atomic mass is 32.2. The van der Waals surface area contributed by atoms with E-state index in [1.54, 1.807) is 37.7 Å². The summed E-state index contributed by atoms with van der Waals surface area (Å²) in [4.78, 5) is 17.6. The van der Waals surface area contributed by atoms with E-state index >= 15 is 0 Å². The summed E-state index contributed by atoms with van der Waals surface area (Å²) in [6, 6.07) is 15.6. The number of hydrogen-bond donors (Lipinski definition) is 1. The fourth-order valence-corrected chi connectivity index (χ4v) is 6.77. The normalized spacial score (nSPS) is 15.2. The Balaban J connectivity index is 1.45. The summed E-state index contributed by atoms with van der Waals surface area (Å²) in [7, 11) is 0.940. The Morgan fingerprint density at radius 2 is 1.63 bits per heavy atom. The molecule has 1 N–H and O–H groups in total. The molecule has 1 fully saturated rings. The van der Waals surface area contributed by atoms with Crippen molar-refractivity contribution in [3.8, 4) is 17.2 Å². The molecule has 1 amide bonds. The van der Waals surface area contributed by atoms with Crippen LogP contribution in [0.25, 0.3) is 0 Å². The van der Waals surface area contributed by atoms with Gasteiger partial charge in [-0.05, 0) is 29.5 Å². The number of methoxy groups -OCH3 is 3. The lowest BCUT2D eigenvalue weighted by atomic mass is 10.1. The van der Waals surface area contributed by atoms with Gasteiger partial charge in [-0.2, -0.15) is 4.72 Å². The molecule has 1 aliphatic rings. The average Bonchev–Trinajstić information content (AvgIpc) is 3.49. The molecule has 1 saturated heterocycles. The SMILES string of the molecule is COc1ccc(CN2CCN(C(=O)C(Cc3ccccc3)NS(=O)(=O)c3cccs3)CC2)c(OC)c1OC. The summed E-state index contributed by atoms with van der Waals surface area (Å²) in [5, 5.41) is 1.70. The van der Waals surface area contributed by atoms with Crippen molar-refractivity contribution in [1.29, 1.82) is 0 Å². The predicted octanol–water partition coefficient (Wildman–Crippen LogP) is 3.01. The van der Waals surface area contributed by atoms with E-state index in [0.29, 0.717) is 50.0 Å². The van der Waals surface area contributed by atoms with Crippen LogP contribution >= 0.6 is 11.3 Å². The predicted molar refractivity (Wildman–Crippen MR) is 147 cm³/mol. The summed E-state index contributed by atoms with van der Waals surface area (Å²) < 4.78 is 45.3. The Morgan fingerprint density at radius 1 is 0.921 bits per heavy atom. The Morgan fingerprint density at radius 3 is 2.24 bits per heavy atom. The maximum Gasteiger partial charge on any atom is 0.250 e. The number of amides is 1. The van der Waals surface area contributed by atoms with Crippen LogP contribution in [0, 0.1) is 0 Å². The molecule has 11 heteroatoms. The van der Waals surface area contributed by atoms with E-state index in [2.05, 4.69) is 9.62 Å². The molecule has 1 unspecified atom stereocenters. The van der Waals surface area contributed by atoms with Crippen molar-refractivity contribution in [2.75, 3.05) is 47.5 Å². The number of nitrogens with zero attached hydrogens (tertiary/aromatic N) is 2. The molecule has 1 aromatic heterocycles. The molecule has 2 heterocycles. The summed E-state index contributed by atoms with van der Waals surface area (Å²) >= 11 is 1.13. The van der Waals surface area contributed by atoms with E-state index < -0.39 is 16.1 Å². The zero-order valence-electron chi connectivity index (χ0n) is 21.8. The van der Waals surface area contributed by atoms with Gasteiger partial charge in [0.05, 0.1) is 21.3 Å². The molecule has 0 spiro atoms. The minimum atomic E-state index is -3.82. The van der Waals surface area contributed by atoms with Crippen LogP contribution in [0.1, 0.15) is 11.1 Å². The van der Waals surface area contributed by atoms with E-state index in [9.17, 15) is 13.2 Å². The zero-order valence-corrected chi connectivity index (χ0v) is 23.4. The smallest absolute Gasteiger partial charge is 0.250 e. The second-order valence-electron chi connectivity index (χ2n) is 8.89. The molecular weight excluding hydrogens is 526 g/mol. The fourth-order valence-electron chi connectivity index (χ4n) is 4.57. The van der Waals surface area contributed by atoms with Gasteiger partial charge in [0.25, 0.3) is 10.0 Å². The number of piperazine rings is 1. The lowest BCUT2D eigenvalue weighted by molar-refractivity contribution is -0.134. The Bertz CT molecular complexity index is 1310. The van der Waals surface area contributed by atoms with Crippen LogP contribution < -0.4 is 18.9 Å². The van der Waals surface area contributed by atoms with E-state index in [1.165, 1.54) is 6.07 Å². The van der Waals surface area contributed by atoms with Crippen molar-refractivity contribution in [3.63, 3.8) is 0 Å². The number of carbonyl (C=O) groups excluding carboxylic acids is 1. The topological polar surface area (TPSA) is 97.4 Å². The second kappa shape index (κ2) is 12.6. The first-order chi connectivity index (χ1) is 18.4. The molecule has 0 radical (unpaired) electrons. The molecule has 9 nitrogen and oxygen atoms in total. The molecule has 3 aromatic rings. The average molecular weight is 560 g/mol. The molecule has 0 aliphatic carbocycles. The second-order valence-corrected chi connectivity index (χ2v) is 11.8. The van der Waals surface area contributed by atoms with E-state index in [4.69, 9.17) is 14.2 Å². The lowest BCUT2D eigenvalue weighted by Gasteiger charge is -2.36. The minimum Gasteiger partial charge on any atom is -0.493 e. The van der Waals surface area contributed by atoms with Gasteiger partial charge in [0, 0.05) is 38.3 Å². The molecule has 2 aromatic carbocycles. The third-order valence-electron chi connectivity index (χ3n) is 6.50. The summed E-state index contributed by atoms with van der Waals surface area (Å²) in [6.07, 6.45) is 0.271. The minimum absolute atomic E-state index is 0.192. The number of hydrogen-bond acceptors (Lipinski definition) is 8. The number of nitrogens with one attached hydrogen (secondary N) is 1. The number of benzene rings is 2. The van der Waals surface area contributed by atoms with Gasteiger partial charge >= 0.3 is 0 Å². The molecule has 4 rings (SSSR count). The highest BCUT2D eigenvalue weighted by Gasteiger charge is 2.32. The lowest BCUT2D eigenvalue weighted by Crippen LogP contribution is -2.55. The van der Waals surface area contributed by atoms with Crippen molar-refractivity contribution in [1.82, 2.24) is 14.5 Å². The standard InChI is InChI=1S/C27H33N3O6S2/c1-34-23-12-11-21(25(35-2)26(23)36-3)19-29-13-15-30(16-14-29)27(31)22(18-20-8-5-4-6-9-20)28-38(32,33)24-10-7-17-37-24/h4-12,17,22,28H,13-16,18-19H2,1-3H3. The van der Waals surface area contributed by atoms with Crippen molar-refractivity contribution in [3.05, 3.63) is 71.1 Å². The van der Waals surface area contributed by atoms with Crippen LogP contribution in [-0.4, -0.2) is 77.7 Å². The van der Waals surface area contributed by atoms with Crippen molar-refractivity contribution in [2.45, 2.75) is 23.2 Å². The third-order valence-corrected chi connectivity index (χ3v) is 9.37. The third kappa shape index (κ3) is 6.47. The van der Waals surface area contributed by atoms with Crippen molar-refractivity contribution >= 4 is 27.3 Å². The Labute approximate surface area is 228 Å². The van der Waals surface area contributed by atoms with Gasteiger partial charge in [0.2, 0.25) is 11.7 Å². The van der Waals surface area contributed by atoms with Crippen molar-refractivity contribution < 1.29 is 27.4 Å². The molecule has 1 atom stereocenters. The monoisotopic (exact) mass is 559 g/mol. The van der Waals surface area contributed by atoms with Crippen LogP contribution in [0.5, 0.6) is 17.2 Å². The first kappa shape index (κ1) is 27.9. The molecule has 38 heavy (non-hydrogen) atoms.